The Morgan fingerprint density at radius 2 is 2.31 bits per heavy atom. The lowest BCUT2D eigenvalue weighted by Crippen LogP contribution is -2.14. The molecule has 1 aromatic heterocycles. The van der Waals surface area contributed by atoms with Gasteiger partial charge in [-0.1, -0.05) is 19.3 Å². The smallest absolute Gasteiger partial charge is 0.218 e. The minimum Gasteiger partial charge on any atom is -0.478 e. The molecule has 0 aromatic carbocycles. The first kappa shape index (κ1) is 11.2. The number of nitrogens with one attached hydrogen (secondary N) is 1. The molecule has 1 fully saturated rings. The third kappa shape index (κ3) is 3.08. The van der Waals surface area contributed by atoms with Gasteiger partial charge in [0.25, 0.3) is 0 Å². The van der Waals surface area contributed by atoms with Crippen molar-refractivity contribution in [3.63, 3.8) is 0 Å². The first-order valence-corrected chi connectivity index (χ1v) is 6.07. The van der Waals surface area contributed by atoms with Crippen LogP contribution in [0.3, 0.4) is 0 Å². The Bertz CT molecular complexity index is 326. The van der Waals surface area contributed by atoms with Crippen LogP contribution in [0, 0.1) is 5.92 Å². The molecule has 16 heavy (non-hydrogen) atoms. The van der Waals surface area contributed by atoms with Gasteiger partial charge >= 0.3 is 0 Å². The number of nitrogens with zero attached hydrogens (tertiary/aromatic N) is 2. The van der Waals surface area contributed by atoms with Gasteiger partial charge in [0.1, 0.15) is 12.1 Å². The van der Waals surface area contributed by atoms with Crippen LogP contribution in [0.2, 0.25) is 0 Å². The Hall–Kier alpha value is -1.32. The monoisotopic (exact) mass is 221 g/mol. The van der Waals surface area contributed by atoms with E-state index in [1.54, 1.807) is 0 Å². The molecule has 0 bridgehead atoms. The summed E-state index contributed by atoms with van der Waals surface area (Å²) in [6.07, 6.45) is 6.82. The molecule has 0 aliphatic heterocycles. The predicted octanol–water partition coefficient (Wildman–Crippen LogP) is 2.48. The molecule has 1 aromatic rings. The van der Waals surface area contributed by atoms with Gasteiger partial charge in [0, 0.05) is 12.6 Å². The lowest BCUT2D eigenvalue weighted by molar-refractivity contribution is 0.217. The lowest BCUT2D eigenvalue weighted by atomic mass is 9.83. The summed E-state index contributed by atoms with van der Waals surface area (Å²) < 4.78 is 5.61. The van der Waals surface area contributed by atoms with Crippen LogP contribution in [0.5, 0.6) is 5.88 Å². The Morgan fingerprint density at radius 3 is 3.00 bits per heavy atom. The van der Waals surface area contributed by atoms with Crippen molar-refractivity contribution in [1.82, 2.24) is 9.97 Å². The highest BCUT2D eigenvalue weighted by Gasteiger charge is 2.16. The fourth-order valence-electron chi connectivity index (χ4n) is 1.81. The van der Waals surface area contributed by atoms with Crippen molar-refractivity contribution in [3.05, 3.63) is 12.4 Å². The van der Waals surface area contributed by atoms with Crippen molar-refractivity contribution >= 4 is 5.82 Å². The zero-order valence-corrected chi connectivity index (χ0v) is 9.78. The van der Waals surface area contributed by atoms with Crippen LogP contribution >= 0.6 is 0 Å². The molecule has 88 valence electrons. The molecule has 0 atom stereocenters. The Morgan fingerprint density at radius 1 is 1.44 bits per heavy atom. The van der Waals surface area contributed by atoms with Crippen LogP contribution in [0.1, 0.15) is 32.6 Å². The normalized spacial score (nSPS) is 15.6. The molecule has 0 radical (unpaired) electrons. The van der Waals surface area contributed by atoms with Crippen LogP contribution in [0.25, 0.3) is 0 Å². The minimum atomic E-state index is 0.672. The summed E-state index contributed by atoms with van der Waals surface area (Å²) in [7, 11) is 0. The third-order valence-corrected chi connectivity index (χ3v) is 3.00. The number of hydrogen-bond donors (Lipinski definition) is 1. The molecule has 4 heteroatoms. The fourth-order valence-corrected chi connectivity index (χ4v) is 1.81. The fraction of sp³-hybridized carbons (Fsp3) is 0.667. The van der Waals surface area contributed by atoms with E-state index in [0.29, 0.717) is 5.88 Å². The summed E-state index contributed by atoms with van der Waals surface area (Å²) in [6.45, 7) is 3.67. The molecule has 1 aliphatic rings. The van der Waals surface area contributed by atoms with Crippen molar-refractivity contribution in [3.8, 4) is 5.88 Å². The molecule has 0 unspecified atom stereocenters. The lowest BCUT2D eigenvalue weighted by Gasteiger charge is -2.24. The zero-order chi connectivity index (χ0) is 11.2. The Kier molecular flexibility index (Phi) is 3.97. The summed E-state index contributed by atoms with van der Waals surface area (Å²) in [6, 6.07) is 1.85. The summed E-state index contributed by atoms with van der Waals surface area (Å²) in [5, 5.41) is 3.14. The molecule has 1 N–H and O–H groups in total. The second-order valence-corrected chi connectivity index (χ2v) is 4.21. The molecule has 2 rings (SSSR count). The highest BCUT2D eigenvalue weighted by molar-refractivity contribution is 5.36. The SMILES string of the molecule is CCNc1cc(OCCC2CCC2)ncn1. The third-order valence-electron chi connectivity index (χ3n) is 3.00. The van der Waals surface area contributed by atoms with E-state index in [1.165, 1.54) is 25.6 Å². The number of hydrogen-bond acceptors (Lipinski definition) is 4. The van der Waals surface area contributed by atoms with Gasteiger partial charge in [-0.25, -0.2) is 9.97 Å². The van der Waals surface area contributed by atoms with Crippen molar-refractivity contribution < 1.29 is 4.74 Å². The summed E-state index contributed by atoms with van der Waals surface area (Å²) in [5.74, 6) is 2.39. The maximum absolute atomic E-state index is 5.61. The molecular formula is C12H19N3O. The second-order valence-electron chi connectivity index (χ2n) is 4.21. The Labute approximate surface area is 96.4 Å². The van der Waals surface area contributed by atoms with E-state index in [1.807, 2.05) is 13.0 Å². The molecular weight excluding hydrogens is 202 g/mol. The highest BCUT2D eigenvalue weighted by atomic mass is 16.5. The summed E-state index contributed by atoms with van der Waals surface area (Å²) in [4.78, 5) is 8.19. The summed E-state index contributed by atoms with van der Waals surface area (Å²) in [5.41, 5.74) is 0. The largest absolute Gasteiger partial charge is 0.478 e. The van der Waals surface area contributed by atoms with Gasteiger partial charge in [-0.15, -0.1) is 0 Å². The van der Waals surface area contributed by atoms with E-state index in [-0.39, 0.29) is 0 Å². The predicted molar refractivity (Wildman–Crippen MR) is 63.6 cm³/mol. The number of anilines is 1. The zero-order valence-electron chi connectivity index (χ0n) is 9.78. The van der Waals surface area contributed by atoms with Gasteiger partial charge in [-0.2, -0.15) is 0 Å². The maximum atomic E-state index is 5.61. The molecule has 1 aliphatic carbocycles. The standard InChI is InChI=1S/C12H19N3O/c1-2-13-11-8-12(15-9-14-11)16-7-6-10-4-3-5-10/h8-10H,2-7H2,1H3,(H,13,14,15). The molecule has 0 saturated heterocycles. The summed E-state index contributed by atoms with van der Waals surface area (Å²) >= 11 is 0. The van der Waals surface area contributed by atoms with Gasteiger partial charge in [-0.05, 0) is 19.3 Å². The van der Waals surface area contributed by atoms with E-state index in [9.17, 15) is 0 Å². The van der Waals surface area contributed by atoms with E-state index in [2.05, 4.69) is 15.3 Å². The van der Waals surface area contributed by atoms with Crippen LogP contribution in [0.15, 0.2) is 12.4 Å². The van der Waals surface area contributed by atoms with Crippen LogP contribution in [-0.4, -0.2) is 23.1 Å². The number of rotatable bonds is 6. The van der Waals surface area contributed by atoms with Crippen LogP contribution in [0.4, 0.5) is 5.82 Å². The number of aromatic nitrogens is 2. The van der Waals surface area contributed by atoms with Crippen molar-refractivity contribution in [2.45, 2.75) is 32.6 Å². The van der Waals surface area contributed by atoms with Crippen molar-refractivity contribution in [1.29, 1.82) is 0 Å². The van der Waals surface area contributed by atoms with Gasteiger partial charge in [-0.3, -0.25) is 0 Å². The average molecular weight is 221 g/mol. The van der Waals surface area contributed by atoms with E-state index in [4.69, 9.17) is 4.74 Å². The molecule has 4 nitrogen and oxygen atoms in total. The number of ether oxygens (including phenoxy) is 1. The molecule has 0 amide bonds. The van der Waals surface area contributed by atoms with Gasteiger partial charge in [0.15, 0.2) is 0 Å². The van der Waals surface area contributed by atoms with Crippen molar-refractivity contribution in [2.24, 2.45) is 5.92 Å². The average Bonchev–Trinajstić information content (AvgIpc) is 2.23. The van der Waals surface area contributed by atoms with Gasteiger partial charge < -0.3 is 10.1 Å². The van der Waals surface area contributed by atoms with E-state index >= 15 is 0 Å². The van der Waals surface area contributed by atoms with Crippen molar-refractivity contribution in [2.75, 3.05) is 18.5 Å². The molecule has 1 saturated carbocycles. The highest BCUT2D eigenvalue weighted by Crippen LogP contribution is 2.29. The van der Waals surface area contributed by atoms with Crippen LogP contribution < -0.4 is 10.1 Å². The topological polar surface area (TPSA) is 47.0 Å². The Balaban J connectivity index is 1.76. The molecule has 1 heterocycles. The van der Waals surface area contributed by atoms with E-state index in [0.717, 1.165) is 31.3 Å². The van der Waals surface area contributed by atoms with Gasteiger partial charge in [0.2, 0.25) is 5.88 Å². The maximum Gasteiger partial charge on any atom is 0.218 e. The molecule has 0 spiro atoms. The quantitative estimate of drug-likeness (QED) is 0.801. The first-order valence-electron chi connectivity index (χ1n) is 6.07. The van der Waals surface area contributed by atoms with Crippen LogP contribution in [-0.2, 0) is 0 Å². The first-order chi connectivity index (χ1) is 7.88. The second kappa shape index (κ2) is 5.68. The van der Waals surface area contributed by atoms with E-state index < -0.39 is 0 Å². The minimum absolute atomic E-state index is 0.672. The van der Waals surface area contributed by atoms with Gasteiger partial charge in [0.05, 0.1) is 6.61 Å².